The van der Waals surface area contributed by atoms with E-state index in [-0.39, 0.29) is 0 Å². The lowest BCUT2D eigenvalue weighted by molar-refractivity contribution is 0.196. The molecule has 2 atom stereocenters. The normalized spacial score (nSPS) is 24.3. The summed E-state index contributed by atoms with van der Waals surface area (Å²) < 4.78 is 1.90. The van der Waals surface area contributed by atoms with Crippen LogP contribution in [-0.4, -0.2) is 22.4 Å². The maximum atomic E-state index is 4.53. The Morgan fingerprint density at radius 3 is 2.83 bits per heavy atom. The molecule has 1 aromatic heterocycles. The molecule has 1 N–H and O–H groups in total. The van der Waals surface area contributed by atoms with E-state index < -0.39 is 0 Å². The second kappa shape index (κ2) is 5.43. The molecular formula is C15H27N3. The van der Waals surface area contributed by atoms with E-state index in [1.807, 2.05) is 17.9 Å². The maximum Gasteiger partial charge on any atom is 0.0640 e. The first-order valence-electron chi connectivity index (χ1n) is 7.25. The smallest absolute Gasteiger partial charge is 0.0640 e. The van der Waals surface area contributed by atoms with Crippen LogP contribution < -0.4 is 5.32 Å². The van der Waals surface area contributed by atoms with Crippen molar-refractivity contribution in [2.24, 2.45) is 18.4 Å². The van der Waals surface area contributed by atoms with Gasteiger partial charge in [0.15, 0.2) is 0 Å². The van der Waals surface area contributed by atoms with Crippen LogP contribution in [0.3, 0.4) is 0 Å². The SMILES string of the molecule is CCNC(Cc1ccn(C)n1)C1CCCC1(C)C. The van der Waals surface area contributed by atoms with Crippen molar-refractivity contribution < 1.29 is 0 Å². The lowest BCUT2D eigenvalue weighted by Crippen LogP contribution is -2.42. The second-order valence-electron chi connectivity index (χ2n) is 6.34. The van der Waals surface area contributed by atoms with Gasteiger partial charge in [0.2, 0.25) is 0 Å². The standard InChI is InChI=1S/C15H27N3/c1-5-16-14(11-12-8-10-18(4)17-12)13-7-6-9-15(13,2)3/h8,10,13-14,16H,5-7,9,11H2,1-4H3. The Hall–Kier alpha value is -0.830. The molecule has 0 spiro atoms. The quantitative estimate of drug-likeness (QED) is 0.869. The Labute approximate surface area is 111 Å². The van der Waals surface area contributed by atoms with E-state index >= 15 is 0 Å². The van der Waals surface area contributed by atoms with E-state index in [0.717, 1.165) is 18.9 Å². The molecular weight excluding hydrogens is 222 g/mol. The van der Waals surface area contributed by atoms with Gasteiger partial charge in [-0.05, 0) is 36.8 Å². The number of nitrogens with one attached hydrogen (secondary N) is 1. The number of nitrogens with zero attached hydrogens (tertiary/aromatic N) is 2. The Balaban J connectivity index is 2.08. The first-order chi connectivity index (χ1) is 8.53. The van der Waals surface area contributed by atoms with E-state index in [1.54, 1.807) is 0 Å². The van der Waals surface area contributed by atoms with Crippen molar-refractivity contribution in [3.05, 3.63) is 18.0 Å². The van der Waals surface area contributed by atoms with Gasteiger partial charge in [0.05, 0.1) is 5.69 Å². The van der Waals surface area contributed by atoms with Crippen LogP contribution in [0.1, 0.15) is 45.7 Å². The minimum absolute atomic E-state index is 0.474. The molecule has 1 aliphatic carbocycles. The summed E-state index contributed by atoms with van der Waals surface area (Å²) >= 11 is 0. The fourth-order valence-electron chi connectivity index (χ4n) is 3.52. The molecule has 0 aliphatic heterocycles. The first-order valence-corrected chi connectivity index (χ1v) is 7.25. The largest absolute Gasteiger partial charge is 0.314 e. The van der Waals surface area contributed by atoms with Crippen molar-refractivity contribution >= 4 is 0 Å². The molecule has 3 nitrogen and oxygen atoms in total. The van der Waals surface area contributed by atoms with Crippen LogP contribution in [0.25, 0.3) is 0 Å². The van der Waals surface area contributed by atoms with Crippen molar-refractivity contribution in [2.75, 3.05) is 6.54 Å². The maximum absolute atomic E-state index is 4.53. The Morgan fingerprint density at radius 1 is 1.56 bits per heavy atom. The Bertz CT molecular complexity index is 381. The minimum Gasteiger partial charge on any atom is -0.314 e. The van der Waals surface area contributed by atoms with Crippen LogP contribution >= 0.6 is 0 Å². The van der Waals surface area contributed by atoms with Gasteiger partial charge in [0.25, 0.3) is 0 Å². The molecule has 0 aromatic carbocycles. The third-order valence-electron chi connectivity index (χ3n) is 4.49. The highest BCUT2D eigenvalue weighted by Crippen LogP contribution is 2.44. The molecule has 18 heavy (non-hydrogen) atoms. The molecule has 1 fully saturated rings. The third-order valence-corrected chi connectivity index (χ3v) is 4.49. The summed E-state index contributed by atoms with van der Waals surface area (Å²) in [7, 11) is 1.99. The first kappa shape index (κ1) is 13.6. The lowest BCUT2D eigenvalue weighted by atomic mass is 9.76. The summed E-state index contributed by atoms with van der Waals surface area (Å²) in [5.74, 6) is 0.777. The molecule has 3 heteroatoms. The highest BCUT2D eigenvalue weighted by molar-refractivity contribution is 5.04. The highest BCUT2D eigenvalue weighted by atomic mass is 15.2. The number of aromatic nitrogens is 2. The van der Waals surface area contributed by atoms with E-state index in [9.17, 15) is 0 Å². The van der Waals surface area contributed by atoms with Gasteiger partial charge in [0.1, 0.15) is 0 Å². The van der Waals surface area contributed by atoms with Gasteiger partial charge in [-0.3, -0.25) is 4.68 Å². The van der Waals surface area contributed by atoms with Crippen LogP contribution in [0.5, 0.6) is 0 Å². The molecule has 0 saturated heterocycles. The van der Waals surface area contributed by atoms with Gasteiger partial charge < -0.3 is 5.32 Å². The van der Waals surface area contributed by atoms with Crippen molar-refractivity contribution in [3.8, 4) is 0 Å². The van der Waals surface area contributed by atoms with Gasteiger partial charge in [0, 0.05) is 25.7 Å². The van der Waals surface area contributed by atoms with Gasteiger partial charge >= 0.3 is 0 Å². The second-order valence-corrected chi connectivity index (χ2v) is 6.34. The molecule has 1 saturated carbocycles. The zero-order valence-electron chi connectivity index (χ0n) is 12.2. The summed E-state index contributed by atoms with van der Waals surface area (Å²) in [4.78, 5) is 0. The van der Waals surface area contributed by atoms with E-state index in [2.05, 4.69) is 37.3 Å². The van der Waals surface area contributed by atoms with Crippen molar-refractivity contribution in [3.63, 3.8) is 0 Å². The van der Waals surface area contributed by atoms with Crippen molar-refractivity contribution in [1.82, 2.24) is 15.1 Å². The fourth-order valence-corrected chi connectivity index (χ4v) is 3.52. The van der Waals surface area contributed by atoms with Crippen LogP contribution in [0.15, 0.2) is 12.3 Å². The number of hydrogen-bond acceptors (Lipinski definition) is 2. The number of aryl methyl sites for hydroxylation is 1. The fraction of sp³-hybridized carbons (Fsp3) is 0.800. The summed E-state index contributed by atoms with van der Waals surface area (Å²) in [5.41, 5.74) is 1.69. The van der Waals surface area contributed by atoms with Crippen LogP contribution in [-0.2, 0) is 13.5 Å². The molecule has 2 unspecified atom stereocenters. The monoisotopic (exact) mass is 249 g/mol. The van der Waals surface area contributed by atoms with Crippen LogP contribution in [0, 0.1) is 11.3 Å². The molecule has 0 radical (unpaired) electrons. The molecule has 1 heterocycles. The Morgan fingerprint density at radius 2 is 2.33 bits per heavy atom. The summed E-state index contributed by atoms with van der Waals surface area (Å²) in [6, 6.07) is 2.72. The van der Waals surface area contributed by atoms with Gasteiger partial charge in [-0.15, -0.1) is 0 Å². The molecule has 1 aliphatic rings. The van der Waals surface area contributed by atoms with E-state index in [1.165, 1.54) is 25.0 Å². The Kier molecular flexibility index (Phi) is 4.10. The third kappa shape index (κ3) is 2.94. The predicted octanol–water partition coefficient (Wildman–Crippen LogP) is 2.77. The van der Waals surface area contributed by atoms with Crippen LogP contribution in [0.2, 0.25) is 0 Å². The number of likely N-dealkylation sites (N-methyl/N-ethyl adjacent to an activating group) is 1. The molecule has 0 amide bonds. The van der Waals surface area contributed by atoms with E-state index in [0.29, 0.717) is 11.5 Å². The lowest BCUT2D eigenvalue weighted by Gasteiger charge is -2.34. The molecule has 0 bridgehead atoms. The number of rotatable bonds is 5. The average molecular weight is 249 g/mol. The highest BCUT2D eigenvalue weighted by Gasteiger charge is 2.39. The summed E-state index contributed by atoms with van der Waals surface area (Å²) in [6.07, 6.45) is 7.20. The number of hydrogen-bond donors (Lipinski definition) is 1. The predicted molar refractivity (Wildman–Crippen MR) is 75.5 cm³/mol. The average Bonchev–Trinajstić information content (AvgIpc) is 2.84. The van der Waals surface area contributed by atoms with Gasteiger partial charge in [-0.1, -0.05) is 27.2 Å². The van der Waals surface area contributed by atoms with Gasteiger partial charge in [-0.25, -0.2) is 0 Å². The van der Waals surface area contributed by atoms with Crippen molar-refractivity contribution in [2.45, 2.75) is 52.5 Å². The molecule has 1 aromatic rings. The molecule has 102 valence electrons. The zero-order chi connectivity index (χ0) is 13.2. The van der Waals surface area contributed by atoms with E-state index in [4.69, 9.17) is 0 Å². The summed E-state index contributed by atoms with van der Waals surface area (Å²) in [6.45, 7) is 8.10. The van der Waals surface area contributed by atoms with Gasteiger partial charge in [-0.2, -0.15) is 5.10 Å². The summed E-state index contributed by atoms with van der Waals surface area (Å²) in [5, 5.41) is 8.22. The van der Waals surface area contributed by atoms with Crippen molar-refractivity contribution in [1.29, 1.82) is 0 Å². The zero-order valence-corrected chi connectivity index (χ0v) is 12.2. The topological polar surface area (TPSA) is 29.9 Å². The molecule has 2 rings (SSSR count). The minimum atomic E-state index is 0.474. The van der Waals surface area contributed by atoms with Crippen LogP contribution in [0.4, 0.5) is 0 Å².